The normalized spacial score (nSPS) is 18.5. The highest BCUT2D eigenvalue weighted by Crippen LogP contribution is 2.27. The van der Waals surface area contributed by atoms with Crippen LogP contribution in [0.4, 0.5) is 11.4 Å². The standard InChI is InChI=1S/C26H27N5O7/c1-15-4-5-17(24(34)30-10-2-3-11-30)14-19(15)31-12-13-37-21(25(31)35)20(32)23(33)27-18-8-6-16(7-9-18)22-28-26(36)38-29-22/h4-9,14,20-21,32H,2-3,10-13H2,1H3,(H,27,33)(H,28,29,36). The number of hydrogen-bond donors (Lipinski definition) is 3. The number of aliphatic hydroxyl groups is 1. The van der Waals surface area contributed by atoms with E-state index in [1.807, 2.05) is 6.92 Å². The zero-order chi connectivity index (χ0) is 26.8. The van der Waals surface area contributed by atoms with Gasteiger partial charge in [0, 0.05) is 42.1 Å². The van der Waals surface area contributed by atoms with E-state index in [1.165, 1.54) is 4.90 Å². The van der Waals surface area contributed by atoms with Crippen LogP contribution in [0, 0.1) is 6.92 Å². The molecule has 0 saturated carbocycles. The highest BCUT2D eigenvalue weighted by molar-refractivity contribution is 6.05. The Morgan fingerprint density at radius 1 is 1.11 bits per heavy atom. The molecule has 0 aliphatic carbocycles. The number of aromatic amines is 1. The third-order valence-corrected chi connectivity index (χ3v) is 6.68. The summed E-state index contributed by atoms with van der Waals surface area (Å²) < 4.78 is 9.99. The zero-order valence-corrected chi connectivity index (χ0v) is 20.7. The number of amides is 3. The lowest BCUT2D eigenvalue weighted by atomic mass is 10.0. The number of aliphatic hydroxyl groups excluding tert-OH is 1. The summed E-state index contributed by atoms with van der Waals surface area (Å²) in [6.45, 7) is 3.58. The van der Waals surface area contributed by atoms with Gasteiger partial charge in [0.1, 0.15) is 0 Å². The number of morpholine rings is 1. The number of anilines is 2. The monoisotopic (exact) mass is 521 g/mol. The van der Waals surface area contributed by atoms with Crippen LogP contribution in [0.2, 0.25) is 0 Å². The molecular weight excluding hydrogens is 494 g/mol. The average Bonchev–Trinajstić information content (AvgIpc) is 3.61. The van der Waals surface area contributed by atoms with Gasteiger partial charge >= 0.3 is 5.76 Å². The summed E-state index contributed by atoms with van der Waals surface area (Å²) in [7, 11) is 0. The van der Waals surface area contributed by atoms with Crippen molar-refractivity contribution < 1.29 is 28.8 Å². The molecule has 0 spiro atoms. The first-order valence-electron chi connectivity index (χ1n) is 12.3. The van der Waals surface area contributed by atoms with Gasteiger partial charge < -0.3 is 25.0 Å². The number of H-pyrrole nitrogens is 1. The second kappa shape index (κ2) is 10.6. The van der Waals surface area contributed by atoms with Crippen LogP contribution in [0.1, 0.15) is 28.8 Å². The summed E-state index contributed by atoms with van der Waals surface area (Å²) in [5.74, 6) is -1.93. The van der Waals surface area contributed by atoms with Gasteiger partial charge in [0.05, 0.1) is 6.61 Å². The smallest absolute Gasteiger partial charge is 0.380 e. The zero-order valence-electron chi connectivity index (χ0n) is 20.7. The molecule has 3 N–H and O–H groups in total. The number of aryl methyl sites for hydroxylation is 1. The van der Waals surface area contributed by atoms with E-state index in [1.54, 1.807) is 47.4 Å². The second-order valence-corrected chi connectivity index (χ2v) is 9.24. The summed E-state index contributed by atoms with van der Waals surface area (Å²) in [5, 5.41) is 16.9. The van der Waals surface area contributed by atoms with Crippen LogP contribution in [0.15, 0.2) is 51.8 Å². The number of nitrogens with one attached hydrogen (secondary N) is 2. The molecule has 198 valence electrons. The van der Waals surface area contributed by atoms with Crippen molar-refractivity contribution in [1.29, 1.82) is 0 Å². The first-order chi connectivity index (χ1) is 18.3. The molecule has 5 rings (SSSR count). The predicted octanol–water partition coefficient (Wildman–Crippen LogP) is 1.31. The maximum absolute atomic E-state index is 13.3. The van der Waals surface area contributed by atoms with Crippen molar-refractivity contribution in [3.05, 3.63) is 64.1 Å². The van der Waals surface area contributed by atoms with Crippen molar-refractivity contribution >= 4 is 29.1 Å². The first-order valence-corrected chi connectivity index (χ1v) is 12.3. The van der Waals surface area contributed by atoms with Crippen molar-refractivity contribution in [1.82, 2.24) is 15.0 Å². The minimum absolute atomic E-state index is 0.0821. The van der Waals surface area contributed by atoms with E-state index >= 15 is 0 Å². The Labute approximate surface area is 217 Å². The minimum atomic E-state index is -1.77. The number of carbonyl (C=O) groups excluding carboxylic acids is 3. The highest BCUT2D eigenvalue weighted by atomic mass is 16.5. The summed E-state index contributed by atoms with van der Waals surface area (Å²) >= 11 is 0. The van der Waals surface area contributed by atoms with Crippen LogP contribution >= 0.6 is 0 Å². The SMILES string of the molecule is Cc1ccc(C(=O)N2CCCC2)cc1N1CCOC(C(O)C(=O)Nc2ccc(-c3noc(=O)[nH]3)cc2)C1=O. The van der Waals surface area contributed by atoms with Crippen LogP contribution < -0.4 is 16.0 Å². The fraction of sp³-hybridized carbons (Fsp3) is 0.346. The minimum Gasteiger partial charge on any atom is -0.380 e. The van der Waals surface area contributed by atoms with E-state index in [0.717, 1.165) is 18.4 Å². The maximum atomic E-state index is 13.3. The number of rotatable bonds is 6. The Bertz CT molecular complexity index is 1410. The number of carbonyl (C=O) groups is 3. The average molecular weight is 522 g/mol. The summed E-state index contributed by atoms with van der Waals surface area (Å²) in [6, 6.07) is 11.5. The molecule has 0 bridgehead atoms. The van der Waals surface area contributed by atoms with Crippen molar-refractivity contribution in [3.63, 3.8) is 0 Å². The van der Waals surface area contributed by atoms with Crippen molar-refractivity contribution in [3.8, 4) is 11.4 Å². The molecule has 2 saturated heterocycles. The second-order valence-electron chi connectivity index (χ2n) is 9.24. The third kappa shape index (κ3) is 5.08. The van der Waals surface area contributed by atoms with Crippen molar-refractivity contribution in [2.75, 3.05) is 36.5 Å². The maximum Gasteiger partial charge on any atom is 0.439 e. The van der Waals surface area contributed by atoms with E-state index in [-0.39, 0.29) is 24.9 Å². The Morgan fingerprint density at radius 2 is 1.84 bits per heavy atom. The van der Waals surface area contributed by atoms with Crippen molar-refractivity contribution in [2.24, 2.45) is 0 Å². The molecule has 0 radical (unpaired) electrons. The first kappa shape index (κ1) is 25.4. The van der Waals surface area contributed by atoms with E-state index in [4.69, 9.17) is 4.74 Å². The van der Waals surface area contributed by atoms with E-state index in [2.05, 4.69) is 20.0 Å². The lowest BCUT2D eigenvalue weighted by Gasteiger charge is -2.35. The topological polar surface area (TPSA) is 158 Å². The highest BCUT2D eigenvalue weighted by Gasteiger charge is 2.40. The molecule has 1 aromatic heterocycles. The van der Waals surface area contributed by atoms with E-state index < -0.39 is 29.8 Å². The summed E-state index contributed by atoms with van der Waals surface area (Å²) in [4.78, 5) is 55.8. The van der Waals surface area contributed by atoms with E-state index in [9.17, 15) is 24.3 Å². The quantitative estimate of drug-likeness (QED) is 0.438. The number of ether oxygens (including phenoxy) is 1. The van der Waals surface area contributed by atoms with Crippen LogP contribution in [0.25, 0.3) is 11.4 Å². The molecule has 3 heterocycles. The molecule has 2 fully saturated rings. The molecule has 3 amide bonds. The van der Waals surface area contributed by atoms with Gasteiger partial charge in [-0.1, -0.05) is 11.2 Å². The molecule has 2 atom stereocenters. The fourth-order valence-electron chi connectivity index (χ4n) is 4.63. The van der Waals surface area contributed by atoms with Crippen LogP contribution in [0.5, 0.6) is 0 Å². The fourth-order valence-corrected chi connectivity index (χ4v) is 4.63. The van der Waals surface area contributed by atoms with E-state index in [0.29, 0.717) is 35.6 Å². The Kier molecular flexibility index (Phi) is 7.07. The van der Waals surface area contributed by atoms with Crippen LogP contribution in [-0.4, -0.2) is 76.3 Å². The van der Waals surface area contributed by atoms with Crippen LogP contribution in [-0.2, 0) is 14.3 Å². The van der Waals surface area contributed by atoms with Crippen LogP contribution in [0.3, 0.4) is 0 Å². The number of benzene rings is 2. The summed E-state index contributed by atoms with van der Waals surface area (Å²) in [6.07, 6.45) is -1.24. The molecule has 2 aliphatic rings. The molecule has 3 aromatic rings. The molecule has 12 heteroatoms. The predicted molar refractivity (Wildman–Crippen MR) is 136 cm³/mol. The van der Waals surface area contributed by atoms with Gasteiger partial charge in [-0.15, -0.1) is 0 Å². The largest absolute Gasteiger partial charge is 0.439 e. The van der Waals surface area contributed by atoms with Gasteiger partial charge in [0.25, 0.3) is 17.7 Å². The van der Waals surface area contributed by atoms with Crippen molar-refractivity contribution in [2.45, 2.75) is 32.0 Å². The lowest BCUT2D eigenvalue weighted by Crippen LogP contribution is -2.55. The lowest BCUT2D eigenvalue weighted by molar-refractivity contribution is -0.150. The molecule has 2 unspecified atom stereocenters. The molecule has 38 heavy (non-hydrogen) atoms. The molecular formula is C26H27N5O7. The van der Waals surface area contributed by atoms with Gasteiger partial charge in [-0.05, 0) is 61.7 Å². The number of nitrogens with zero attached hydrogens (tertiary/aromatic N) is 3. The summed E-state index contributed by atoms with van der Waals surface area (Å²) in [5.41, 5.74) is 2.72. The number of aromatic nitrogens is 2. The number of likely N-dealkylation sites (tertiary alicyclic amines) is 1. The van der Waals surface area contributed by atoms with Gasteiger partial charge in [-0.2, -0.15) is 0 Å². The Hall–Kier alpha value is -4.29. The van der Waals surface area contributed by atoms with Gasteiger partial charge in [0.15, 0.2) is 18.0 Å². The number of hydrogen-bond acceptors (Lipinski definition) is 8. The Morgan fingerprint density at radius 3 is 2.53 bits per heavy atom. The molecule has 2 aromatic carbocycles. The third-order valence-electron chi connectivity index (χ3n) is 6.68. The van der Waals surface area contributed by atoms with Gasteiger partial charge in [0.2, 0.25) is 0 Å². The van der Waals surface area contributed by atoms with Gasteiger partial charge in [-0.3, -0.25) is 23.9 Å². The molecule has 2 aliphatic heterocycles. The Balaban J connectivity index is 1.28. The van der Waals surface area contributed by atoms with Gasteiger partial charge in [-0.25, -0.2) is 4.79 Å². The molecule has 12 nitrogen and oxygen atoms in total.